The lowest BCUT2D eigenvalue weighted by Crippen LogP contribution is -2.38. The number of halogens is 1. The largest absolute Gasteiger partial charge is 0.356 e. The molecule has 2 heterocycles. The molecule has 2 aromatic rings. The standard InChI is InChI=1S/C15H21N5S.HI/c1-3-13-11-19-14(21-13)7-9-18-15(16-2)20-10-12-6-4-5-8-17-12;/h4-6,8,11H,3,7,9-10H2,1-2H3,(H2,16,18,20);1H. The van der Waals surface area contributed by atoms with E-state index in [-0.39, 0.29) is 24.0 Å². The van der Waals surface area contributed by atoms with Crippen molar-refractivity contribution >= 4 is 41.3 Å². The highest BCUT2D eigenvalue weighted by Gasteiger charge is 2.02. The molecular weight excluding hydrogens is 409 g/mol. The van der Waals surface area contributed by atoms with Crippen LogP contribution in [-0.4, -0.2) is 29.5 Å². The molecule has 120 valence electrons. The van der Waals surface area contributed by atoms with E-state index in [0.717, 1.165) is 31.0 Å². The predicted molar refractivity (Wildman–Crippen MR) is 103 cm³/mol. The number of guanidine groups is 1. The Balaban J connectivity index is 0.00000242. The van der Waals surface area contributed by atoms with Crippen LogP contribution >= 0.6 is 35.3 Å². The van der Waals surface area contributed by atoms with Crippen molar-refractivity contribution in [2.75, 3.05) is 13.6 Å². The third-order valence-electron chi connectivity index (χ3n) is 2.97. The third-order valence-corrected chi connectivity index (χ3v) is 4.17. The Labute approximate surface area is 152 Å². The number of pyridine rings is 1. The van der Waals surface area contributed by atoms with Crippen LogP contribution in [0, 0.1) is 0 Å². The van der Waals surface area contributed by atoms with Crippen LogP contribution in [0.1, 0.15) is 22.5 Å². The van der Waals surface area contributed by atoms with Crippen LogP contribution in [0.2, 0.25) is 0 Å². The Bertz CT molecular complexity index is 570. The van der Waals surface area contributed by atoms with Gasteiger partial charge in [-0.05, 0) is 18.6 Å². The number of aromatic nitrogens is 2. The summed E-state index contributed by atoms with van der Waals surface area (Å²) in [5.41, 5.74) is 0.993. The fraction of sp³-hybridized carbons (Fsp3) is 0.400. The van der Waals surface area contributed by atoms with Crippen molar-refractivity contribution in [3.05, 3.63) is 46.2 Å². The first-order valence-electron chi connectivity index (χ1n) is 7.09. The number of hydrogen-bond acceptors (Lipinski definition) is 4. The summed E-state index contributed by atoms with van der Waals surface area (Å²) in [4.78, 5) is 14.2. The summed E-state index contributed by atoms with van der Waals surface area (Å²) in [6.07, 6.45) is 5.72. The van der Waals surface area contributed by atoms with Gasteiger partial charge >= 0.3 is 0 Å². The minimum Gasteiger partial charge on any atom is -0.356 e. The molecule has 0 saturated heterocycles. The van der Waals surface area contributed by atoms with E-state index in [4.69, 9.17) is 0 Å². The maximum atomic E-state index is 4.41. The van der Waals surface area contributed by atoms with Crippen molar-refractivity contribution in [1.82, 2.24) is 20.6 Å². The van der Waals surface area contributed by atoms with E-state index in [9.17, 15) is 0 Å². The van der Waals surface area contributed by atoms with E-state index < -0.39 is 0 Å². The predicted octanol–water partition coefficient (Wildman–Crippen LogP) is 2.63. The molecule has 0 radical (unpaired) electrons. The molecule has 2 aromatic heterocycles. The van der Waals surface area contributed by atoms with Crippen LogP contribution in [0.25, 0.3) is 0 Å². The molecular formula is C15H22IN5S. The molecule has 0 aliphatic heterocycles. The van der Waals surface area contributed by atoms with Gasteiger partial charge < -0.3 is 10.6 Å². The summed E-state index contributed by atoms with van der Waals surface area (Å²) < 4.78 is 0. The van der Waals surface area contributed by atoms with E-state index >= 15 is 0 Å². The van der Waals surface area contributed by atoms with Crippen molar-refractivity contribution in [3.63, 3.8) is 0 Å². The average Bonchev–Trinajstić information content (AvgIpc) is 2.99. The lowest BCUT2D eigenvalue weighted by molar-refractivity contribution is 0.781. The van der Waals surface area contributed by atoms with Crippen LogP contribution in [0.15, 0.2) is 35.6 Å². The highest BCUT2D eigenvalue weighted by atomic mass is 127. The first-order valence-corrected chi connectivity index (χ1v) is 7.91. The van der Waals surface area contributed by atoms with Gasteiger partial charge in [0, 0.05) is 37.3 Å². The first-order chi connectivity index (χ1) is 10.3. The second-order valence-electron chi connectivity index (χ2n) is 4.50. The van der Waals surface area contributed by atoms with Gasteiger partial charge in [-0.1, -0.05) is 13.0 Å². The molecule has 0 aliphatic carbocycles. The molecule has 0 amide bonds. The smallest absolute Gasteiger partial charge is 0.191 e. The van der Waals surface area contributed by atoms with Crippen molar-refractivity contribution in [2.24, 2.45) is 4.99 Å². The lowest BCUT2D eigenvalue weighted by Gasteiger charge is -2.10. The summed E-state index contributed by atoms with van der Waals surface area (Å²) in [5, 5.41) is 7.71. The second kappa shape index (κ2) is 10.5. The van der Waals surface area contributed by atoms with Crippen molar-refractivity contribution in [1.29, 1.82) is 0 Å². The molecule has 0 spiro atoms. The van der Waals surface area contributed by atoms with Gasteiger partial charge in [0.1, 0.15) is 0 Å². The maximum Gasteiger partial charge on any atom is 0.191 e. The Morgan fingerprint density at radius 1 is 1.27 bits per heavy atom. The number of hydrogen-bond donors (Lipinski definition) is 2. The monoisotopic (exact) mass is 431 g/mol. The number of thiazole rings is 1. The van der Waals surface area contributed by atoms with Gasteiger partial charge in [-0.3, -0.25) is 9.98 Å². The van der Waals surface area contributed by atoms with E-state index in [2.05, 4.69) is 32.5 Å². The lowest BCUT2D eigenvalue weighted by atomic mass is 10.3. The van der Waals surface area contributed by atoms with Gasteiger partial charge in [-0.25, -0.2) is 4.98 Å². The quantitative estimate of drug-likeness (QED) is 0.420. The van der Waals surface area contributed by atoms with Crippen molar-refractivity contribution in [2.45, 2.75) is 26.3 Å². The van der Waals surface area contributed by atoms with Crippen molar-refractivity contribution in [3.8, 4) is 0 Å². The van der Waals surface area contributed by atoms with Crippen molar-refractivity contribution < 1.29 is 0 Å². The Hall–Kier alpha value is -1.22. The van der Waals surface area contributed by atoms with Crippen LogP contribution in [0.3, 0.4) is 0 Å². The fourth-order valence-electron chi connectivity index (χ4n) is 1.81. The minimum absolute atomic E-state index is 0. The molecule has 0 aromatic carbocycles. The first kappa shape index (κ1) is 18.8. The molecule has 0 aliphatic rings. The average molecular weight is 431 g/mol. The number of nitrogens with zero attached hydrogens (tertiary/aromatic N) is 3. The van der Waals surface area contributed by atoms with Gasteiger partial charge in [0.2, 0.25) is 0 Å². The number of aliphatic imine (C=N–C) groups is 1. The van der Waals surface area contributed by atoms with Gasteiger partial charge in [0.15, 0.2) is 5.96 Å². The topological polar surface area (TPSA) is 62.2 Å². The van der Waals surface area contributed by atoms with E-state index in [1.807, 2.05) is 24.4 Å². The van der Waals surface area contributed by atoms with E-state index in [1.54, 1.807) is 24.6 Å². The summed E-state index contributed by atoms with van der Waals surface area (Å²) in [6, 6.07) is 5.88. The highest BCUT2D eigenvalue weighted by molar-refractivity contribution is 14.0. The third kappa shape index (κ3) is 6.27. The number of rotatable bonds is 6. The molecule has 2 N–H and O–H groups in total. The maximum absolute atomic E-state index is 4.41. The molecule has 0 fully saturated rings. The van der Waals surface area contributed by atoms with Gasteiger partial charge in [-0.15, -0.1) is 35.3 Å². The van der Waals surface area contributed by atoms with Gasteiger partial charge in [0.25, 0.3) is 0 Å². The zero-order valence-corrected chi connectivity index (χ0v) is 16.0. The molecule has 0 bridgehead atoms. The summed E-state index contributed by atoms with van der Waals surface area (Å²) in [6.45, 7) is 3.63. The molecule has 5 nitrogen and oxygen atoms in total. The number of aryl methyl sites for hydroxylation is 1. The normalized spacial score (nSPS) is 10.9. The zero-order valence-electron chi connectivity index (χ0n) is 12.9. The van der Waals surface area contributed by atoms with Crippen LogP contribution < -0.4 is 10.6 Å². The zero-order chi connectivity index (χ0) is 14.9. The fourth-order valence-corrected chi connectivity index (χ4v) is 2.67. The molecule has 0 unspecified atom stereocenters. The molecule has 0 atom stereocenters. The van der Waals surface area contributed by atoms with Crippen LogP contribution in [0.4, 0.5) is 0 Å². The SMILES string of the molecule is CCc1cnc(CCNC(=NC)NCc2ccccn2)s1.I. The Morgan fingerprint density at radius 3 is 2.77 bits per heavy atom. The molecule has 22 heavy (non-hydrogen) atoms. The van der Waals surface area contributed by atoms with E-state index in [1.165, 1.54) is 9.88 Å². The molecule has 0 saturated carbocycles. The summed E-state index contributed by atoms with van der Waals surface area (Å²) in [7, 11) is 1.77. The highest BCUT2D eigenvalue weighted by Crippen LogP contribution is 2.13. The summed E-state index contributed by atoms with van der Waals surface area (Å²) >= 11 is 1.78. The molecule has 7 heteroatoms. The number of nitrogens with one attached hydrogen (secondary N) is 2. The molecule has 2 rings (SSSR count). The summed E-state index contributed by atoms with van der Waals surface area (Å²) in [5.74, 6) is 0.785. The van der Waals surface area contributed by atoms with Crippen LogP contribution in [0.5, 0.6) is 0 Å². The Morgan fingerprint density at radius 2 is 2.14 bits per heavy atom. The van der Waals surface area contributed by atoms with Gasteiger partial charge in [-0.2, -0.15) is 0 Å². The van der Waals surface area contributed by atoms with E-state index in [0.29, 0.717) is 6.54 Å². The minimum atomic E-state index is 0. The van der Waals surface area contributed by atoms with Gasteiger partial charge in [0.05, 0.1) is 17.2 Å². The Kier molecular flexibility index (Phi) is 8.98. The van der Waals surface area contributed by atoms with Crippen LogP contribution in [-0.2, 0) is 19.4 Å². The second-order valence-corrected chi connectivity index (χ2v) is 5.70.